The molecule has 0 spiro atoms. The molecule has 0 saturated carbocycles. The standard InChI is InChI=1S/C18H19NO3S/c1-13(2)14-5-7-15(8-6-14)19-17(20)12-22-18(21)10-9-16-4-3-11-23-16/h3-11,13H,12H2,1-2H3,(H,19,20)/b10-9+. The van der Waals surface area contributed by atoms with Gasteiger partial charge >= 0.3 is 5.97 Å². The van der Waals surface area contributed by atoms with Gasteiger partial charge in [0.25, 0.3) is 5.91 Å². The summed E-state index contributed by atoms with van der Waals surface area (Å²) >= 11 is 1.52. The van der Waals surface area contributed by atoms with Crippen LogP contribution in [0.2, 0.25) is 0 Å². The Morgan fingerprint density at radius 1 is 1.22 bits per heavy atom. The second-order valence-corrected chi connectivity index (χ2v) is 6.26. The van der Waals surface area contributed by atoms with Gasteiger partial charge in [-0.3, -0.25) is 4.79 Å². The first-order valence-electron chi connectivity index (χ1n) is 7.33. The van der Waals surface area contributed by atoms with E-state index in [1.807, 2.05) is 41.8 Å². The number of benzene rings is 1. The molecule has 1 aromatic heterocycles. The number of amides is 1. The van der Waals surface area contributed by atoms with Crippen LogP contribution in [0.15, 0.2) is 47.9 Å². The van der Waals surface area contributed by atoms with Crippen LogP contribution in [-0.4, -0.2) is 18.5 Å². The van der Waals surface area contributed by atoms with E-state index in [1.165, 1.54) is 23.0 Å². The lowest BCUT2D eigenvalue weighted by Gasteiger charge is -2.08. The summed E-state index contributed by atoms with van der Waals surface area (Å²) in [6, 6.07) is 11.4. The van der Waals surface area contributed by atoms with E-state index in [0.29, 0.717) is 11.6 Å². The van der Waals surface area contributed by atoms with Crippen molar-refractivity contribution in [2.75, 3.05) is 11.9 Å². The molecule has 1 aromatic carbocycles. The highest BCUT2D eigenvalue weighted by Gasteiger charge is 2.06. The first kappa shape index (κ1) is 17.0. The summed E-state index contributed by atoms with van der Waals surface area (Å²) in [4.78, 5) is 24.2. The summed E-state index contributed by atoms with van der Waals surface area (Å²) in [6.45, 7) is 3.91. The van der Waals surface area contributed by atoms with Crippen molar-refractivity contribution in [1.29, 1.82) is 0 Å². The lowest BCUT2D eigenvalue weighted by atomic mass is 10.0. The van der Waals surface area contributed by atoms with E-state index in [9.17, 15) is 9.59 Å². The van der Waals surface area contributed by atoms with Crippen LogP contribution in [0.25, 0.3) is 6.08 Å². The third kappa shape index (κ3) is 5.71. The minimum absolute atomic E-state index is 0.306. The molecular formula is C18H19NO3S. The molecule has 1 amide bonds. The second kappa shape index (κ2) is 8.29. The minimum atomic E-state index is -0.538. The average molecular weight is 329 g/mol. The molecule has 120 valence electrons. The molecule has 4 nitrogen and oxygen atoms in total. The number of esters is 1. The first-order valence-corrected chi connectivity index (χ1v) is 8.20. The fraction of sp³-hybridized carbons (Fsp3) is 0.222. The summed E-state index contributed by atoms with van der Waals surface area (Å²) in [6.07, 6.45) is 2.98. The normalized spacial score (nSPS) is 10.9. The van der Waals surface area contributed by atoms with Gasteiger partial charge in [-0.2, -0.15) is 0 Å². The molecule has 0 bridgehead atoms. The largest absolute Gasteiger partial charge is 0.452 e. The van der Waals surface area contributed by atoms with Gasteiger partial charge in [0.05, 0.1) is 0 Å². The van der Waals surface area contributed by atoms with Crippen LogP contribution in [0.3, 0.4) is 0 Å². The number of thiophene rings is 1. The van der Waals surface area contributed by atoms with Crippen LogP contribution in [-0.2, 0) is 14.3 Å². The van der Waals surface area contributed by atoms with Crippen molar-refractivity contribution in [3.05, 3.63) is 58.3 Å². The molecule has 0 aliphatic heterocycles. The molecule has 0 saturated heterocycles. The third-order valence-electron chi connectivity index (χ3n) is 3.13. The highest BCUT2D eigenvalue weighted by molar-refractivity contribution is 7.10. The molecule has 0 radical (unpaired) electrons. The third-order valence-corrected chi connectivity index (χ3v) is 3.97. The van der Waals surface area contributed by atoms with E-state index in [1.54, 1.807) is 6.08 Å². The van der Waals surface area contributed by atoms with Gasteiger partial charge in [-0.25, -0.2) is 4.79 Å². The summed E-state index contributed by atoms with van der Waals surface area (Å²) < 4.78 is 4.90. The van der Waals surface area contributed by atoms with E-state index in [0.717, 1.165) is 4.88 Å². The first-order chi connectivity index (χ1) is 11.0. The number of hydrogen-bond donors (Lipinski definition) is 1. The van der Waals surface area contributed by atoms with Crippen LogP contribution in [0.1, 0.15) is 30.2 Å². The fourth-order valence-corrected chi connectivity index (χ4v) is 2.49. The average Bonchev–Trinajstić information content (AvgIpc) is 3.05. The van der Waals surface area contributed by atoms with Gasteiger partial charge in [-0.15, -0.1) is 11.3 Å². The van der Waals surface area contributed by atoms with Gasteiger partial charge in [0.15, 0.2) is 6.61 Å². The minimum Gasteiger partial charge on any atom is -0.452 e. The molecule has 2 rings (SSSR count). The SMILES string of the molecule is CC(C)c1ccc(NC(=O)COC(=O)/C=C/c2cccs2)cc1. The Labute approximate surface area is 139 Å². The zero-order valence-corrected chi connectivity index (χ0v) is 13.9. The zero-order valence-electron chi connectivity index (χ0n) is 13.1. The van der Waals surface area contributed by atoms with E-state index >= 15 is 0 Å². The van der Waals surface area contributed by atoms with E-state index in [4.69, 9.17) is 4.74 Å². The summed E-state index contributed by atoms with van der Waals surface area (Å²) in [5.74, 6) is -0.459. The maximum Gasteiger partial charge on any atom is 0.331 e. The molecule has 1 heterocycles. The van der Waals surface area contributed by atoms with Gasteiger partial charge in [-0.1, -0.05) is 32.0 Å². The Morgan fingerprint density at radius 2 is 1.96 bits per heavy atom. The summed E-state index contributed by atoms with van der Waals surface area (Å²) in [5, 5.41) is 4.61. The molecule has 2 aromatic rings. The van der Waals surface area contributed by atoms with Crippen molar-refractivity contribution in [3.8, 4) is 0 Å². The maximum atomic E-state index is 11.8. The van der Waals surface area contributed by atoms with Crippen LogP contribution >= 0.6 is 11.3 Å². The van der Waals surface area contributed by atoms with Crippen LogP contribution < -0.4 is 5.32 Å². The summed E-state index contributed by atoms with van der Waals surface area (Å²) in [5.41, 5.74) is 1.89. The Balaban J connectivity index is 1.77. The molecule has 0 unspecified atom stereocenters. The van der Waals surface area contributed by atoms with Crippen LogP contribution in [0.4, 0.5) is 5.69 Å². The van der Waals surface area contributed by atoms with E-state index in [2.05, 4.69) is 19.2 Å². The molecule has 23 heavy (non-hydrogen) atoms. The maximum absolute atomic E-state index is 11.8. The van der Waals surface area contributed by atoms with Gasteiger partial charge in [0.1, 0.15) is 0 Å². The number of hydrogen-bond acceptors (Lipinski definition) is 4. The molecule has 1 N–H and O–H groups in total. The van der Waals surface area contributed by atoms with Crippen molar-refractivity contribution >= 4 is 35.0 Å². The quantitative estimate of drug-likeness (QED) is 0.642. The zero-order chi connectivity index (χ0) is 16.7. The topological polar surface area (TPSA) is 55.4 Å². The monoisotopic (exact) mass is 329 g/mol. The highest BCUT2D eigenvalue weighted by Crippen LogP contribution is 2.17. The van der Waals surface area contributed by atoms with Gasteiger partial charge in [0, 0.05) is 16.6 Å². The second-order valence-electron chi connectivity index (χ2n) is 5.28. The van der Waals surface area contributed by atoms with Crippen molar-refractivity contribution in [2.45, 2.75) is 19.8 Å². The molecule has 0 fully saturated rings. The molecule has 0 aliphatic rings. The highest BCUT2D eigenvalue weighted by atomic mass is 32.1. The van der Waals surface area contributed by atoms with Gasteiger partial charge in [0.2, 0.25) is 0 Å². The Morgan fingerprint density at radius 3 is 2.57 bits per heavy atom. The number of carbonyl (C=O) groups excluding carboxylic acids is 2. The van der Waals surface area contributed by atoms with Crippen LogP contribution in [0.5, 0.6) is 0 Å². The Hall–Kier alpha value is -2.40. The van der Waals surface area contributed by atoms with Crippen molar-refractivity contribution in [1.82, 2.24) is 0 Å². The number of nitrogens with one attached hydrogen (secondary N) is 1. The Bertz CT molecular complexity index is 673. The number of anilines is 1. The molecule has 5 heteroatoms. The molecule has 0 aliphatic carbocycles. The smallest absolute Gasteiger partial charge is 0.331 e. The van der Waals surface area contributed by atoms with Gasteiger partial charge in [-0.05, 0) is 41.1 Å². The number of ether oxygens (including phenoxy) is 1. The lowest BCUT2D eigenvalue weighted by molar-refractivity contribution is -0.142. The van der Waals surface area contributed by atoms with E-state index < -0.39 is 5.97 Å². The predicted octanol–water partition coefficient (Wildman–Crippen LogP) is 4.07. The number of rotatable bonds is 6. The summed E-state index contributed by atoms with van der Waals surface area (Å²) in [7, 11) is 0. The predicted molar refractivity (Wildman–Crippen MR) is 93.5 cm³/mol. The Kier molecular flexibility index (Phi) is 6.11. The molecule has 0 atom stereocenters. The van der Waals surface area contributed by atoms with Crippen molar-refractivity contribution < 1.29 is 14.3 Å². The molecular weight excluding hydrogens is 310 g/mol. The van der Waals surface area contributed by atoms with Gasteiger partial charge < -0.3 is 10.1 Å². The lowest BCUT2D eigenvalue weighted by Crippen LogP contribution is -2.20. The van der Waals surface area contributed by atoms with Crippen molar-refractivity contribution in [2.24, 2.45) is 0 Å². The van der Waals surface area contributed by atoms with E-state index in [-0.39, 0.29) is 12.5 Å². The van der Waals surface area contributed by atoms with Crippen LogP contribution in [0, 0.1) is 0 Å². The van der Waals surface area contributed by atoms with Crippen molar-refractivity contribution in [3.63, 3.8) is 0 Å². The number of carbonyl (C=O) groups is 2. The fourth-order valence-electron chi connectivity index (χ4n) is 1.87.